The SMILES string of the molecule is Cc1ccc2c(c1)nc(CN[C@H](C)CS(C)(=O)=O)n2C. The van der Waals surface area contributed by atoms with E-state index in [-0.39, 0.29) is 11.8 Å². The summed E-state index contributed by atoms with van der Waals surface area (Å²) in [6.45, 7) is 4.47. The lowest BCUT2D eigenvalue weighted by Crippen LogP contribution is -2.32. The summed E-state index contributed by atoms with van der Waals surface area (Å²) in [7, 11) is -0.983. The van der Waals surface area contributed by atoms with Gasteiger partial charge in [0, 0.05) is 19.3 Å². The summed E-state index contributed by atoms with van der Waals surface area (Å²) in [6.07, 6.45) is 1.25. The van der Waals surface area contributed by atoms with E-state index in [0.717, 1.165) is 16.9 Å². The zero-order valence-electron chi connectivity index (χ0n) is 12.3. The van der Waals surface area contributed by atoms with Gasteiger partial charge in [0.2, 0.25) is 0 Å². The minimum Gasteiger partial charge on any atom is -0.330 e. The fourth-order valence-electron chi connectivity index (χ4n) is 2.30. The number of hydrogen-bond acceptors (Lipinski definition) is 4. The smallest absolute Gasteiger partial charge is 0.148 e. The average molecular weight is 295 g/mol. The predicted octanol–water partition coefficient (Wildman–Crippen LogP) is 1.40. The third-order valence-electron chi connectivity index (χ3n) is 3.29. The second kappa shape index (κ2) is 5.54. The minimum atomic E-state index is -2.96. The number of benzene rings is 1. The minimum absolute atomic E-state index is 0.0912. The van der Waals surface area contributed by atoms with Crippen LogP contribution in [0, 0.1) is 6.92 Å². The third kappa shape index (κ3) is 3.58. The van der Waals surface area contributed by atoms with E-state index in [0.29, 0.717) is 6.54 Å². The molecule has 0 spiro atoms. The second-order valence-corrected chi connectivity index (χ2v) is 7.64. The third-order valence-corrected chi connectivity index (χ3v) is 4.40. The molecule has 1 N–H and O–H groups in total. The second-order valence-electron chi connectivity index (χ2n) is 5.45. The Balaban J connectivity index is 2.12. The molecule has 2 aromatic rings. The van der Waals surface area contributed by atoms with Crippen LogP contribution in [0.3, 0.4) is 0 Å². The maximum absolute atomic E-state index is 11.2. The summed E-state index contributed by atoms with van der Waals surface area (Å²) in [5.41, 5.74) is 3.24. The number of aryl methyl sites for hydroxylation is 2. The van der Waals surface area contributed by atoms with Crippen LogP contribution in [0.4, 0.5) is 0 Å². The molecule has 0 aliphatic heterocycles. The maximum atomic E-state index is 11.2. The lowest BCUT2D eigenvalue weighted by Gasteiger charge is -2.12. The zero-order chi connectivity index (χ0) is 14.9. The van der Waals surface area contributed by atoms with Crippen LogP contribution in [0.15, 0.2) is 18.2 Å². The van der Waals surface area contributed by atoms with Crippen LogP contribution in [-0.2, 0) is 23.4 Å². The van der Waals surface area contributed by atoms with E-state index in [1.54, 1.807) is 0 Å². The van der Waals surface area contributed by atoms with Gasteiger partial charge in [-0.15, -0.1) is 0 Å². The molecule has 20 heavy (non-hydrogen) atoms. The summed E-state index contributed by atoms with van der Waals surface area (Å²) >= 11 is 0. The predicted molar refractivity (Wildman–Crippen MR) is 81.5 cm³/mol. The van der Waals surface area contributed by atoms with E-state index in [4.69, 9.17) is 0 Å². The van der Waals surface area contributed by atoms with Gasteiger partial charge in [0.05, 0.1) is 23.3 Å². The fourth-order valence-corrected chi connectivity index (χ4v) is 3.32. The Morgan fingerprint density at radius 1 is 1.40 bits per heavy atom. The van der Waals surface area contributed by atoms with E-state index in [2.05, 4.69) is 28.5 Å². The van der Waals surface area contributed by atoms with Crippen LogP contribution < -0.4 is 5.32 Å². The molecule has 110 valence electrons. The van der Waals surface area contributed by atoms with Crippen LogP contribution in [0.5, 0.6) is 0 Å². The van der Waals surface area contributed by atoms with E-state index in [1.165, 1.54) is 11.8 Å². The standard InChI is InChI=1S/C14H21N3O2S/c1-10-5-6-13-12(7-10)16-14(17(13)3)8-15-11(2)9-20(4,18)19/h5-7,11,15H,8-9H2,1-4H3/t11-/m1/s1. The highest BCUT2D eigenvalue weighted by atomic mass is 32.2. The Bertz CT molecular complexity index is 719. The van der Waals surface area contributed by atoms with E-state index >= 15 is 0 Å². The molecule has 0 radical (unpaired) electrons. The van der Waals surface area contributed by atoms with Gasteiger partial charge in [-0.1, -0.05) is 6.07 Å². The summed E-state index contributed by atoms with van der Waals surface area (Å²) in [6, 6.07) is 6.08. The van der Waals surface area contributed by atoms with E-state index in [9.17, 15) is 8.42 Å². The number of fused-ring (bicyclic) bond motifs is 1. The van der Waals surface area contributed by atoms with Gasteiger partial charge in [-0.3, -0.25) is 0 Å². The summed E-state index contributed by atoms with van der Waals surface area (Å²) in [5, 5.41) is 3.21. The van der Waals surface area contributed by atoms with E-state index in [1.807, 2.05) is 25.5 Å². The van der Waals surface area contributed by atoms with Gasteiger partial charge in [-0.05, 0) is 31.5 Å². The highest BCUT2D eigenvalue weighted by Crippen LogP contribution is 2.16. The highest BCUT2D eigenvalue weighted by molar-refractivity contribution is 7.90. The molecule has 0 aliphatic carbocycles. The molecule has 5 nitrogen and oxygen atoms in total. The molecule has 0 bridgehead atoms. The molecule has 1 heterocycles. The Kier molecular flexibility index (Phi) is 4.15. The molecular weight excluding hydrogens is 274 g/mol. The van der Waals surface area contributed by atoms with Crippen molar-refractivity contribution in [3.05, 3.63) is 29.6 Å². The first-order chi connectivity index (χ1) is 9.26. The molecule has 1 atom stereocenters. The molecule has 1 aromatic carbocycles. The Hall–Kier alpha value is -1.40. The van der Waals surface area contributed by atoms with E-state index < -0.39 is 9.84 Å². The Morgan fingerprint density at radius 2 is 2.10 bits per heavy atom. The van der Waals surface area contributed by atoms with Crippen molar-refractivity contribution in [3.8, 4) is 0 Å². The van der Waals surface area contributed by atoms with Crippen molar-refractivity contribution in [3.63, 3.8) is 0 Å². The first-order valence-electron chi connectivity index (χ1n) is 6.59. The van der Waals surface area contributed by atoms with Gasteiger partial charge in [0.15, 0.2) is 0 Å². The van der Waals surface area contributed by atoms with Gasteiger partial charge in [-0.2, -0.15) is 0 Å². The Labute approximate surface area is 119 Å². The average Bonchev–Trinajstić information content (AvgIpc) is 2.61. The van der Waals surface area contributed by atoms with Crippen molar-refractivity contribution in [1.29, 1.82) is 0 Å². The molecule has 0 saturated carbocycles. The number of aromatic nitrogens is 2. The van der Waals surface area contributed by atoms with Crippen LogP contribution in [0.1, 0.15) is 18.3 Å². The quantitative estimate of drug-likeness (QED) is 0.906. The molecular formula is C14H21N3O2S. The van der Waals surface area contributed by atoms with Gasteiger partial charge < -0.3 is 9.88 Å². The normalized spacial score (nSPS) is 13.8. The molecule has 2 rings (SSSR count). The van der Waals surface area contributed by atoms with Gasteiger partial charge in [0.1, 0.15) is 15.7 Å². The molecule has 0 saturated heterocycles. The van der Waals surface area contributed by atoms with Crippen molar-refractivity contribution in [2.45, 2.75) is 26.4 Å². The number of nitrogens with zero attached hydrogens (tertiary/aromatic N) is 2. The van der Waals surface area contributed by atoms with Crippen molar-refractivity contribution in [1.82, 2.24) is 14.9 Å². The topological polar surface area (TPSA) is 64.0 Å². The molecule has 0 amide bonds. The molecule has 0 unspecified atom stereocenters. The number of nitrogens with one attached hydrogen (secondary N) is 1. The zero-order valence-corrected chi connectivity index (χ0v) is 13.2. The van der Waals surface area contributed by atoms with Crippen LogP contribution in [0.2, 0.25) is 0 Å². The van der Waals surface area contributed by atoms with Gasteiger partial charge in [0.25, 0.3) is 0 Å². The molecule has 0 fully saturated rings. The first kappa shape index (κ1) is 15.0. The van der Waals surface area contributed by atoms with Crippen LogP contribution in [-0.4, -0.2) is 36.0 Å². The summed E-state index contributed by atoms with van der Waals surface area (Å²) in [4.78, 5) is 4.59. The lowest BCUT2D eigenvalue weighted by molar-refractivity contribution is 0.546. The van der Waals surface area contributed by atoms with Crippen molar-refractivity contribution in [2.75, 3.05) is 12.0 Å². The van der Waals surface area contributed by atoms with Crippen LogP contribution >= 0.6 is 0 Å². The van der Waals surface area contributed by atoms with Gasteiger partial charge >= 0.3 is 0 Å². The molecule has 1 aromatic heterocycles. The number of hydrogen-bond donors (Lipinski definition) is 1. The highest BCUT2D eigenvalue weighted by Gasteiger charge is 2.12. The number of imidazole rings is 1. The van der Waals surface area contributed by atoms with Crippen molar-refractivity contribution < 1.29 is 8.42 Å². The lowest BCUT2D eigenvalue weighted by atomic mass is 10.2. The Morgan fingerprint density at radius 3 is 2.75 bits per heavy atom. The maximum Gasteiger partial charge on any atom is 0.148 e. The van der Waals surface area contributed by atoms with Crippen molar-refractivity contribution >= 4 is 20.9 Å². The molecule has 6 heteroatoms. The monoisotopic (exact) mass is 295 g/mol. The summed E-state index contributed by atoms with van der Waals surface area (Å²) in [5.74, 6) is 1.04. The van der Waals surface area contributed by atoms with Crippen molar-refractivity contribution in [2.24, 2.45) is 7.05 Å². The first-order valence-corrected chi connectivity index (χ1v) is 8.65. The van der Waals surface area contributed by atoms with Crippen LogP contribution in [0.25, 0.3) is 11.0 Å². The molecule has 0 aliphatic rings. The number of rotatable bonds is 5. The summed E-state index contributed by atoms with van der Waals surface area (Å²) < 4.78 is 24.5. The van der Waals surface area contributed by atoms with Gasteiger partial charge in [-0.25, -0.2) is 13.4 Å². The fraction of sp³-hybridized carbons (Fsp3) is 0.500. The largest absolute Gasteiger partial charge is 0.330 e. The number of sulfone groups is 1.